The number of likely N-dealkylation sites (N-methyl/N-ethyl adjacent to an activating group) is 1. The molecule has 21 heavy (non-hydrogen) atoms. The molecule has 2 heterocycles. The van der Waals surface area contributed by atoms with E-state index in [-0.39, 0.29) is 12.5 Å². The maximum absolute atomic E-state index is 12.3. The second kappa shape index (κ2) is 7.77. The van der Waals surface area contributed by atoms with Gasteiger partial charge in [0.25, 0.3) is 5.91 Å². The van der Waals surface area contributed by atoms with E-state index in [1.165, 1.54) is 6.42 Å². The minimum Gasteiger partial charge on any atom is -0.384 e. The van der Waals surface area contributed by atoms with Crippen LogP contribution in [0.5, 0.6) is 0 Å². The van der Waals surface area contributed by atoms with Gasteiger partial charge in [-0.25, -0.2) is 4.98 Å². The number of nitrogens with zero attached hydrogens (tertiary/aromatic N) is 2. The predicted octanol–water partition coefficient (Wildman–Crippen LogP) is 0.639. The van der Waals surface area contributed by atoms with Crippen LogP contribution in [0, 0.1) is 11.8 Å². The highest BCUT2D eigenvalue weighted by Crippen LogP contribution is 2.15. The molecular formula is C16H21N3O2. The van der Waals surface area contributed by atoms with E-state index >= 15 is 0 Å². The zero-order chi connectivity index (χ0) is 15.1. The Balaban J connectivity index is 2.00. The van der Waals surface area contributed by atoms with Crippen LogP contribution in [0.4, 0.5) is 0 Å². The van der Waals surface area contributed by atoms with Crippen LogP contribution in [0.1, 0.15) is 35.8 Å². The lowest BCUT2D eigenvalue weighted by atomic mass is 10.1. The van der Waals surface area contributed by atoms with E-state index in [0.717, 1.165) is 19.5 Å². The molecule has 2 rings (SSSR count). The van der Waals surface area contributed by atoms with E-state index in [0.29, 0.717) is 23.8 Å². The second-order valence-electron chi connectivity index (χ2n) is 4.99. The minimum absolute atomic E-state index is 0.208. The molecule has 0 bridgehead atoms. The number of likely N-dealkylation sites (tertiary alicyclic amines) is 1. The maximum Gasteiger partial charge on any atom is 0.271 e. The molecule has 1 fully saturated rings. The smallest absolute Gasteiger partial charge is 0.271 e. The van der Waals surface area contributed by atoms with Crippen LogP contribution in [0.25, 0.3) is 0 Å². The average Bonchev–Trinajstić information content (AvgIpc) is 2.98. The van der Waals surface area contributed by atoms with Gasteiger partial charge in [-0.15, -0.1) is 0 Å². The van der Waals surface area contributed by atoms with Crippen molar-refractivity contribution in [2.75, 3.05) is 26.2 Å². The van der Waals surface area contributed by atoms with Crippen molar-refractivity contribution in [2.24, 2.45) is 0 Å². The molecular weight excluding hydrogens is 266 g/mol. The number of aromatic nitrogens is 1. The van der Waals surface area contributed by atoms with Gasteiger partial charge in [0.1, 0.15) is 12.3 Å². The van der Waals surface area contributed by atoms with Gasteiger partial charge in [0, 0.05) is 18.8 Å². The summed E-state index contributed by atoms with van der Waals surface area (Å²) in [6.07, 6.45) is 3.88. The quantitative estimate of drug-likeness (QED) is 0.798. The van der Waals surface area contributed by atoms with Gasteiger partial charge in [0.2, 0.25) is 0 Å². The monoisotopic (exact) mass is 287 g/mol. The van der Waals surface area contributed by atoms with Gasteiger partial charge >= 0.3 is 0 Å². The summed E-state index contributed by atoms with van der Waals surface area (Å²) in [5.74, 6) is 5.10. The molecule has 0 radical (unpaired) electrons. The number of carbonyl (C=O) groups excluding carboxylic acids is 1. The van der Waals surface area contributed by atoms with Gasteiger partial charge in [-0.05, 0) is 38.1 Å². The van der Waals surface area contributed by atoms with Gasteiger partial charge in [0.05, 0.1) is 5.56 Å². The summed E-state index contributed by atoms with van der Waals surface area (Å²) in [4.78, 5) is 18.7. The highest BCUT2D eigenvalue weighted by atomic mass is 16.2. The third-order valence-electron chi connectivity index (χ3n) is 3.73. The molecule has 0 aromatic carbocycles. The fraction of sp³-hybridized carbons (Fsp3) is 0.500. The molecule has 1 aliphatic heterocycles. The second-order valence-corrected chi connectivity index (χ2v) is 4.99. The number of nitrogens with one attached hydrogen (secondary N) is 1. The van der Waals surface area contributed by atoms with E-state index in [4.69, 9.17) is 5.11 Å². The van der Waals surface area contributed by atoms with E-state index in [9.17, 15) is 4.79 Å². The number of hydrogen-bond donors (Lipinski definition) is 2. The molecule has 1 aromatic heterocycles. The Bertz CT molecular complexity index is 548. The lowest BCUT2D eigenvalue weighted by Gasteiger charge is -2.22. The molecule has 1 saturated heterocycles. The molecule has 0 aliphatic carbocycles. The predicted molar refractivity (Wildman–Crippen MR) is 80.8 cm³/mol. The number of rotatable bonds is 4. The Morgan fingerprint density at radius 2 is 2.48 bits per heavy atom. The van der Waals surface area contributed by atoms with Crippen LogP contribution >= 0.6 is 0 Å². The SMILES string of the molecule is CCN1CCCC1CNC(=O)c1ncccc1C#CCO. The van der Waals surface area contributed by atoms with Crippen molar-refractivity contribution in [1.29, 1.82) is 0 Å². The molecule has 2 N–H and O–H groups in total. The number of pyridine rings is 1. The number of hydrogen-bond acceptors (Lipinski definition) is 4. The summed E-state index contributed by atoms with van der Waals surface area (Å²) in [5.41, 5.74) is 0.863. The minimum atomic E-state index is -0.233. The Labute approximate surface area is 125 Å². The zero-order valence-corrected chi connectivity index (χ0v) is 12.3. The van der Waals surface area contributed by atoms with Gasteiger partial charge in [-0.3, -0.25) is 9.69 Å². The lowest BCUT2D eigenvalue weighted by Crippen LogP contribution is -2.40. The topological polar surface area (TPSA) is 65.5 Å². The number of aliphatic hydroxyl groups is 1. The van der Waals surface area contributed by atoms with Gasteiger partial charge < -0.3 is 10.4 Å². The van der Waals surface area contributed by atoms with Crippen LogP contribution in [0.2, 0.25) is 0 Å². The first-order valence-electron chi connectivity index (χ1n) is 7.33. The Kier molecular flexibility index (Phi) is 5.73. The average molecular weight is 287 g/mol. The first-order chi connectivity index (χ1) is 10.3. The maximum atomic E-state index is 12.3. The molecule has 1 atom stereocenters. The third kappa shape index (κ3) is 4.03. The molecule has 1 aromatic rings. The van der Waals surface area contributed by atoms with Crippen molar-refractivity contribution in [3.8, 4) is 11.8 Å². The lowest BCUT2D eigenvalue weighted by molar-refractivity contribution is 0.0936. The van der Waals surface area contributed by atoms with Crippen LogP contribution in [0.15, 0.2) is 18.3 Å². The molecule has 112 valence electrons. The highest BCUT2D eigenvalue weighted by Gasteiger charge is 2.23. The van der Waals surface area contributed by atoms with Crippen molar-refractivity contribution in [2.45, 2.75) is 25.8 Å². The van der Waals surface area contributed by atoms with E-state index in [1.807, 2.05) is 0 Å². The summed E-state index contributed by atoms with van der Waals surface area (Å²) in [7, 11) is 0. The molecule has 0 spiro atoms. The summed E-state index contributed by atoms with van der Waals surface area (Å²) < 4.78 is 0. The first kappa shape index (κ1) is 15.5. The third-order valence-corrected chi connectivity index (χ3v) is 3.73. The van der Waals surface area contributed by atoms with Crippen LogP contribution in [-0.4, -0.2) is 53.2 Å². The normalized spacial score (nSPS) is 18.1. The standard InChI is InChI=1S/C16H21N3O2/c1-2-19-10-4-8-14(19)12-18-16(21)15-13(7-5-11-20)6-3-9-17-15/h3,6,9,14,20H,2,4,8,10-12H2,1H3,(H,18,21). The number of aliphatic hydroxyl groups excluding tert-OH is 1. The molecule has 1 unspecified atom stereocenters. The van der Waals surface area contributed by atoms with Crippen molar-refractivity contribution < 1.29 is 9.90 Å². The first-order valence-corrected chi connectivity index (χ1v) is 7.33. The molecule has 5 nitrogen and oxygen atoms in total. The molecule has 1 aliphatic rings. The Hall–Kier alpha value is -1.90. The highest BCUT2D eigenvalue weighted by molar-refractivity contribution is 5.94. The summed E-state index contributed by atoms with van der Waals surface area (Å²) in [5, 5.41) is 11.7. The van der Waals surface area contributed by atoms with Gasteiger partial charge in [-0.2, -0.15) is 0 Å². The molecule has 5 heteroatoms. The molecule has 0 saturated carbocycles. The fourth-order valence-corrected chi connectivity index (χ4v) is 2.66. The van der Waals surface area contributed by atoms with Crippen molar-refractivity contribution in [3.05, 3.63) is 29.6 Å². The van der Waals surface area contributed by atoms with Crippen molar-refractivity contribution in [1.82, 2.24) is 15.2 Å². The summed E-state index contributed by atoms with van der Waals surface area (Å²) in [6.45, 7) is 4.66. The summed E-state index contributed by atoms with van der Waals surface area (Å²) >= 11 is 0. The zero-order valence-electron chi connectivity index (χ0n) is 12.3. The number of carbonyl (C=O) groups is 1. The van der Waals surface area contributed by atoms with Crippen molar-refractivity contribution in [3.63, 3.8) is 0 Å². The number of amides is 1. The van der Waals surface area contributed by atoms with Crippen molar-refractivity contribution >= 4 is 5.91 Å². The largest absolute Gasteiger partial charge is 0.384 e. The van der Waals surface area contributed by atoms with Gasteiger partial charge in [-0.1, -0.05) is 18.8 Å². The fourth-order valence-electron chi connectivity index (χ4n) is 2.66. The van der Waals surface area contributed by atoms with Crippen LogP contribution < -0.4 is 5.32 Å². The van der Waals surface area contributed by atoms with Gasteiger partial charge in [0.15, 0.2) is 0 Å². The van der Waals surface area contributed by atoms with Crippen LogP contribution in [-0.2, 0) is 0 Å². The van der Waals surface area contributed by atoms with Crippen LogP contribution in [0.3, 0.4) is 0 Å². The van der Waals surface area contributed by atoms with E-state index < -0.39 is 0 Å². The Morgan fingerprint density at radius 1 is 1.62 bits per heavy atom. The summed E-state index contributed by atoms with van der Waals surface area (Å²) in [6, 6.07) is 3.88. The van der Waals surface area contributed by atoms with E-state index in [1.54, 1.807) is 18.3 Å². The van der Waals surface area contributed by atoms with E-state index in [2.05, 4.69) is 34.0 Å². The Morgan fingerprint density at radius 3 is 3.24 bits per heavy atom. The molecule has 1 amide bonds.